The van der Waals surface area contributed by atoms with Crippen molar-refractivity contribution in [2.24, 2.45) is 0 Å². The number of hydrogen-bond donors (Lipinski definition) is 0. The van der Waals surface area contributed by atoms with Crippen molar-refractivity contribution in [3.8, 4) is 0 Å². The van der Waals surface area contributed by atoms with Crippen LogP contribution in [0, 0.1) is 0 Å². The molecule has 1 aromatic rings. The number of halogens is 4. The van der Waals surface area contributed by atoms with Crippen molar-refractivity contribution in [3.05, 3.63) is 27.5 Å². The number of rotatable bonds is 3. The number of aromatic nitrogens is 1. The number of aldehydes is 1. The Bertz CT molecular complexity index is 357. The Morgan fingerprint density at radius 2 is 2.21 bits per heavy atom. The second-order valence-corrected chi connectivity index (χ2v) is 3.82. The van der Waals surface area contributed by atoms with Crippen molar-refractivity contribution < 1.29 is 13.6 Å². The van der Waals surface area contributed by atoms with E-state index in [0.717, 1.165) is 0 Å². The van der Waals surface area contributed by atoms with Gasteiger partial charge in [-0.15, -0.1) is 0 Å². The van der Waals surface area contributed by atoms with Gasteiger partial charge < -0.3 is 0 Å². The van der Waals surface area contributed by atoms with Gasteiger partial charge in [0.15, 0.2) is 6.29 Å². The van der Waals surface area contributed by atoms with E-state index >= 15 is 0 Å². The van der Waals surface area contributed by atoms with Crippen LogP contribution >= 0.6 is 31.9 Å². The maximum atomic E-state index is 12.5. The normalized spacial score (nSPS) is 10.6. The Morgan fingerprint density at radius 1 is 1.57 bits per heavy atom. The van der Waals surface area contributed by atoms with Crippen molar-refractivity contribution >= 4 is 38.1 Å². The Kier molecular flexibility index (Phi) is 4.12. The van der Waals surface area contributed by atoms with Crippen LogP contribution in [0.25, 0.3) is 0 Å². The van der Waals surface area contributed by atoms with Crippen LogP contribution in [-0.2, 0) is 5.33 Å². The van der Waals surface area contributed by atoms with Gasteiger partial charge in [0.05, 0.1) is 0 Å². The van der Waals surface area contributed by atoms with Gasteiger partial charge in [-0.2, -0.15) is 0 Å². The molecule has 0 atom stereocenters. The summed E-state index contributed by atoms with van der Waals surface area (Å²) in [4.78, 5) is 14.4. The molecular formula is C8H5Br2F2NO. The summed E-state index contributed by atoms with van der Waals surface area (Å²) in [7, 11) is 0. The van der Waals surface area contributed by atoms with Crippen molar-refractivity contribution in [2.75, 3.05) is 0 Å². The van der Waals surface area contributed by atoms with Gasteiger partial charge in [-0.1, -0.05) is 15.9 Å². The molecule has 0 saturated heterocycles. The van der Waals surface area contributed by atoms with Gasteiger partial charge in [0.2, 0.25) is 0 Å². The average Bonchev–Trinajstić information content (AvgIpc) is 2.16. The Hall–Kier alpha value is -0.360. The molecule has 1 rings (SSSR count). The largest absolute Gasteiger partial charge is 0.296 e. The number of alkyl halides is 3. The third kappa shape index (κ3) is 2.36. The lowest BCUT2D eigenvalue weighted by molar-refractivity contribution is 0.111. The zero-order valence-corrected chi connectivity index (χ0v) is 9.98. The van der Waals surface area contributed by atoms with E-state index in [9.17, 15) is 13.6 Å². The van der Waals surface area contributed by atoms with Crippen LogP contribution in [0.15, 0.2) is 10.7 Å². The van der Waals surface area contributed by atoms with Crippen LogP contribution in [0.4, 0.5) is 8.78 Å². The van der Waals surface area contributed by atoms with E-state index in [1.54, 1.807) is 0 Å². The molecule has 6 heteroatoms. The fourth-order valence-electron chi connectivity index (χ4n) is 1.02. The number of carbonyl (C=O) groups is 1. The summed E-state index contributed by atoms with van der Waals surface area (Å²) in [5.74, 6) is 0. The van der Waals surface area contributed by atoms with Gasteiger partial charge in [0.25, 0.3) is 6.43 Å². The minimum absolute atomic E-state index is 0.0338. The van der Waals surface area contributed by atoms with E-state index in [4.69, 9.17) is 0 Å². The van der Waals surface area contributed by atoms with E-state index in [1.807, 2.05) is 0 Å². The molecule has 0 aliphatic carbocycles. The molecule has 0 amide bonds. The monoisotopic (exact) mass is 327 g/mol. The SMILES string of the molecule is O=Cc1nc(Br)cc(C(F)F)c1CBr. The summed E-state index contributed by atoms with van der Waals surface area (Å²) in [5, 5.41) is 0.182. The van der Waals surface area contributed by atoms with E-state index in [-0.39, 0.29) is 26.8 Å². The molecule has 0 spiro atoms. The molecule has 0 radical (unpaired) electrons. The molecule has 0 saturated carbocycles. The minimum atomic E-state index is -2.61. The van der Waals surface area contributed by atoms with Crippen LogP contribution in [0.1, 0.15) is 28.0 Å². The molecule has 1 heterocycles. The second kappa shape index (κ2) is 4.93. The highest BCUT2D eigenvalue weighted by atomic mass is 79.9. The summed E-state index contributed by atoms with van der Waals surface area (Å²) in [6.45, 7) is 0. The van der Waals surface area contributed by atoms with E-state index in [2.05, 4.69) is 36.8 Å². The van der Waals surface area contributed by atoms with Gasteiger partial charge in [-0.05, 0) is 22.0 Å². The highest BCUT2D eigenvalue weighted by Gasteiger charge is 2.17. The predicted octanol–water partition coefficient (Wildman–Crippen LogP) is 3.49. The first kappa shape index (κ1) is 11.7. The Labute approximate surface area is 96.0 Å². The third-order valence-corrected chi connectivity index (χ3v) is 2.61. The van der Waals surface area contributed by atoms with Gasteiger partial charge in [-0.25, -0.2) is 13.8 Å². The fourth-order valence-corrected chi connectivity index (χ4v) is 2.06. The summed E-state index contributed by atoms with van der Waals surface area (Å²) < 4.78 is 25.3. The number of pyridine rings is 1. The molecule has 0 fully saturated rings. The molecule has 14 heavy (non-hydrogen) atoms. The van der Waals surface area contributed by atoms with E-state index in [0.29, 0.717) is 6.29 Å². The zero-order chi connectivity index (χ0) is 10.7. The summed E-state index contributed by atoms with van der Waals surface area (Å²) >= 11 is 6.01. The quantitative estimate of drug-likeness (QED) is 0.483. The van der Waals surface area contributed by atoms with Crippen molar-refractivity contribution in [1.82, 2.24) is 4.98 Å². The van der Waals surface area contributed by atoms with Gasteiger partial charge in [0.1, 0.15) is 10.3 Å². The topological polar surface area (TPSA) is 30.0 Å². The Morgan fingerprint density at radius 3 is 2.64 bits per heavy atom. The molecular weight excluding hydrogens is 324 g/mol. The summed E-state index contributed by atoms with van der Waals surface area (Å²) in [5.41, 5.74) is 0.0931. The van der Waals surface area contributed by atoms with Gasteiger partial charge in [0, 0.05) is 16.5 Å². The first-order chi connectivity index (χ1) is 6.60. The highest BCUT2D eigenvalue weighted by Crippen LogP contribution is 2.28. The molecule has 0 aliphatic rings. The maximum Gasteiger partial charge on any atom is 0.264 e. The van der Waals surface area contributed by atoms with Crippen LogP contribution in [0.5, 0.6) is 0 Å². The molecule has 0 bridgehead atoms. The first-order valence-corrected chi connectivity index (χ1v) is 5.50. The number of carbonyl (C=O) groups excluding carboxylic acids is 1. The molecule has 76 valence electrons. The molecule has 2 nitrogen and oxygen atoms in total. The van der Waals surface area contributed by atoms with E-state index < -0.39 is 6.43 Å². The third-order valence-electron chi connectivity index (χ3n) is 1.64. The van der Waals surface area contributed by atoms with Crippen LogP contribution < -0.4 is 0 Å². The van der Waals surface area contributed by atoms with Gasteiger partial charge >= 0.3 is 0 Å². The van der Waals surface area contributed by atoms with Crippen molar-refractivity contribution in [1.29, 1.82) is 0 Å². The smallest absolute Gasteiger partial charge is 0.264 e. The molecule has 1 aromatic heterocycles. The zero-order valence-electron chi connectivity index (χ0n) is 6.81. The lowest BCUT2D eigenvalue weighted by Gasteiger charge is -2.08. The summed E-state index contributed by atoms with van der Waals surface area (Å²) in [6, 6.07) is 1.22. The number of hydrogen-bond acceptors (Lipinski definition) is 2. The Balaban J connectivity index is 3.39. The maximum absolute atomic E-state index is 12.5. The molecule has 0 aromatic carbocycles. The average molecular weight is 329 g/mol. The molecule has 0 N–H and O–H groups in total. The second-order valence-electron chi connectivity index (χ2n) is 2.45. The highest BCUT2D eigenvalue weighted by molar-refractivity contribution is 9.10. The lowest BCUT2D eigenvalue weighted by atomic mass is 10.1. The molecule has 0 unspecified atom stereocenters. The minimum Gasteiger partial charge on any atom is -0.296 e. The standard InChI is InChI=1S/C8H5Br2F2NO/c9-2-5-4(8(11)12)1-7(10)13-6(5)3-14/h1,3,8H,2H2. The van der Waals surface area contributed by atoms with Crippen molar-refractivity contribution in [2.45, 2.75) is 11.8 Å². The van der Waals surface area contributed by atoms with Gasteiger partial charge in [-0.3, -0.25) is 4.79 Å². The lowest BCUT2D eigenvalue weighted by Crippen LogP contribution is -2.01. The first-order valence-electron chi connectivity index (χ1n) is 3.58. The van der Waals surface area contributed by atoms with Crippen LogP contribution in [0.3, 0.4) is 0 Å². The van der Waals surface area contributed by atoms with Crippen LogP contribution in [0.2, 0.25) is 0 Å². The van der Waals surface area contributed by atoms with Crippen molar-refractivity contribution in [3.63, 3.8) is 0 Å². The molecule has 0 aliphatic heterocycles. The van der Waals surface area contributed by atoms with Crippen LogP contribution in [-0.4, -0.2) is 11.3 Å². The fraction of sp³-hybridized carbons (Fsp3) is 0.250. The number of nitrogens with zero attached hydrogens (tertiary/aromatic N) is 1. The summed E-state index contributed by atoms with van der Waals surface area (Å²) in [6.07, 6.45) is -2.15. The van der Waals surface area contributed by atoms with E-state index in [1.165, 1.54) is 6.07 Å². The predicted molar refractivity (Wildman–Crippen MR) is 54.9 cm³/mol.